The zero-order chi connectivity index (χ0) is 15.1. The van der Waals surface area contributed by atoms with Gasteiger partial charge in [0.15, 0.2) is 0 Å². The Balaban J connectivity index is 1.94. The van der Waals surface area contributed by atoms with E-state index in [1.54, 1.807) is 0 Å². The van der Waals surface area contributed by atoms with Crippen molar-refractivity contribution in [2.45, 2.75) is 65.0 Å². The molecule has 118 valence electrons. The summed E-state index contributed by atoms with van der Waals surface area (Å²) in [7, 11) is 0. The minimum absolute atomic E-state index is 0.175. The van der Waals surface area contributed by atoms with E-state index in [-0.39, 0.29) is 6.10 Å². The molecule has 1 aliphatic carbocycles. The highest BCUT2D eigenvalue weighted by atomic mass is 16.5. The highest BCUT2D eigenvalue weighted by Gasteiger charge is 2.18. The largest absolute Gasteiger partial charge is 0.372 e. The standard InChI is InChI=1S/C19H31NO/c1-15(2)20-13-19(18-11-7-8-16(3)12-18)21-14-17-9-5-4-6-10-17/h7-8,11-12,15,17,19-20H,4-6,9-10,13-14H2,1-3H3. The molecule has 2 heteroatoms. The van der Waals surface area contributed by atoms with Crippen LogP contribution in [0.5, 0.6) is 0 Å². The van der Waals surface area contributed by atoms with Crippen molar-refractivity contribution < 1.29 is 4.74 Å². The molecule has 1 atom stereocenters. The zero-order valence-corrected chi connectivity index (χ0v) is 13.9. The van der Waals surface area contributed by atoms with E-state index >= 15 is 0 Å². The summed E-state index contributed by atoms with van der Waals surface area (Å²) in [4.78, 5) is 0. The maximum Gasteiger partial charge on any atom is 0.0949 e. The molecule has 2 nitrogen and oxygen atoms in total. The van der Waals surface area contributed by atoms with Gasteiger partial charge in [-0.25, -0.2) is 0 Å². The molecule has 1 N–H and O–H groups in total. The fourth-order valence-electron chi connectivity index (χ4n) is 3.09. The fraction of sp³-hybridized carbons (Fsp3) is 0.684. The van der Waals surface area contributed by atoms with Crippen molar-refractivity contribution >= 4 is 0 Å². The van der Waals surface area contributed by atoms with Gasteiger partial charge in [-0.2, -0.15) is 0 Å². The van der Waals surface area contributed by atoms with E-state index in [2.05, 4.69) is 50.4 Å². The Morgan fingerprint density at radius 3 is 2.62 bits per heavy atom. The highest BCUT2D eigenvalue weighted by molar-refractivity contribution is 5.24. The molecule has 21 heavy (non-hydrogen) atoms. The Morgan fingerprint density at radius 1 is 1.19 bits per heavy atom. The van der Waals surface area contributed by atoms with Crippen LogP contribution in [0.25, 0.3) is 0 Å². The van der Waals surface area contributed by atoms with Crippen LogP contribution in [-0.4, -0.2) is 19.2 Å². The van der Waals surface area contributed by atoms with Crippen LogP contribution in [0.15, 0.2) is 24.3 Å². The lowest BCUT2D eigenvalue weighted by Crippen LogP contribution is -2.30. The molecule has 2 rings (SSSR count). The normalized spacial score (nSPS) is 18.1. The van der Waals surface area contributed by atoms with Crippen LogP contribution < -0.4 is 5.32 Å². The van der Waals surface area contributed by atoms with Gasteiger partial charge in [0.2, 0.25) is 0 Å². The van der Waals surface area contributed by atoms with Gasteiger partial charge >= 0.3 is 0 Å². The second-order valence-corrected chi connectivity index (χ2v) is 6.80. The first kappa shape index (κ1) is 16.5. The maximum absolute atomic E-state index is 6.31. The number of hydrogen-bond acceptors (Lipinski definition) is 2. The second kappa shape index (κ2) is 8.55. The summed E-state index contributed by atoms with van der Waals surface area (Å²) in [6, 6.07) is 9.23. The minimum atomic E-state index is 0.175. The van der Waals surface area contributed by atoms with Crippen molar-refractivity contribution in [2.75, 3.05) is 13.2 Å². The predicted molar refractivity (Wildman–Crippen MR) is 89.6 cm³/mol. The third kappa shape index (κ3) is 5.80. The third-order valence-electron chi connectivity index (χ3n) is 4.38. The smallest absolute Gasteiger partial charge is 0.0949 e. The van der Waals surface area contributed by atoms with Crippen molar-refractivity contribution in [2.24, 2.45) is 5.92 Å². The molecule has 0 spiro atoms. The Kier molecular flexibility index (Phi) is 6.72. The number of aryl methyl sites for hydroxylation is 1. The molecule has 0 aliphatic heterocycles. The van der Waals surface area contributed by atoms with Crippen molar-refractivity contribution in [1.82, 2.24) is 5.32 Å². The summed E-state index contributed by atoms with van der Waals surface area (Å²) in [6.07, 6.45) is 7.04. The monoisotopic (exact) mass is 289 g/mol. The average molecular weight is 289 g/mol. The molecular weight excluding hydrogens is 258 g/mol. The van der Waals surface area contributed by atoms with Gasteiger partial charge in [-0.1, -0.05) is 62.9 Å². The van der Waals surface area contributed by atoms with E-state index < -0.39 is 0 Å². The van der Waals surface area contributed by atoms with Gasteiger partial charge in [-0.15, -0.1) is 0 Å². The quantitative estimate of drug-likeness (QED) is 0.790. The zero-order valence-electron chi connectivity index (χ0n) is 13.9. The van der Waals surface area contributed by atoms with Crippen molar-refractivity contribution in [1.29, 1.82) is 0 Å². The van der Waals surface area contributed by atoms with Gasteiger partial charge in [0.1, 0.15) is 0 Å². The summed E-state index contributed by atoms with van der Waals surface area (Å²) in [6.45, 7) is 8.34. The first-order chi connectivity index (χ1) is 10.1. The lowest BCUT2D eigenvalue weighted by molar-refractivity contribution is 0.0190. The molecule has 1 aromatic rings. The van der Waals surface area contributed by atoms with Crippen LogP contribution in [0, 0.1) is 12.8 Å². The predicted octanol–water partition coefficient (Wildman–Crippen LogP) is 4.63. The van der Waals surface area contributed by atoms with Crippen LogP contribution >= 0.6 is 0 Å². The molecule has 0 amide bonds. The lowest BCUT2D eigenvalue weighted by atomic mass is 9.90. The van der Waals surface area contributed by atoms with E-state index in [0.29, 0.717) is 6.04 Å². The Hall–Kier alpha value is -0.860. The van der Waals surface area contributed by atoms with Crippen molar-refractivity contribution in [3.8, 4) is 0 Å². The molecule has 0 heterocycles. The van der Waals surface area contributed by atoms with E-state index in [1.165, 1.54) is 43.2 Å². The number of nitrogens with one attached hydrogen (secondary N) is 1. The summed E-state index contributed by atoms with van der Waals surface area (Å²) in [5, 5.41) is 3.53. The van der Waals surface area contributed by atoms with Gasteiger partial charge in [-0.3, -0.25) is 0 Å². The highest BCUT2D eigenvalue weighted by Crippen LogP contribution is 2.26. The third-order valence-corrected chi connectivity index (χ3v) is 4.38. The van der Waals surface area contributed by atoms with Gasteiger partial charge in [0.05, 0.1) is 12.7 Å². The second-order valence-electron chi connectivity index (χ2n) is 6.80. The molecular formula is C19H31NO. The number of rotatable bonds is 7. The van der Waals surface area contributed by atoms with Gasteiger partial charge in [0, 0.05) is 12.6 Å². The van der Waals surface area contributed by atoms with E-state index in [4.69, 9.17) is 4.74 Å². The molecule has 0 saturated heterocycles. The summed E-state index contributed by atoms with van der Waals surface area (Å²) in [5.41, 5.74) is 2.61. The number of hydrogen-bond donors (Lipinski definition) is 1. The van der Waals surface area contributed by atoms with Gasteiger partial charge in [-0.05, 0) is 31.2 Å². The molecule has 0 bridgehead atoms. The molecule has 1 unspecified atom stereocenters. The van der Waals surface area contributed by atoms with Crippen LogP contribution in [0.4, 0.5) is 0 Å². The SMILES string of the molecule is Cc1cccc(C(CNC(C)C)OCC2CCCCC2)c1. The van der Waals surface area contributed by atoms with E-state index in [1.807, 2.05) is 0 Å². The van der Waals surface area contributed by atoms with Gasteiger partial charge < -0.3 is 10.1 Å². The first-order valence-electron chi connectivity index (χ1n) is 8.56. The first-order valence-corrected chi connectivity index (χ1v) is 8.56. The van der Waals surface area contributed by atoms with Crippen LogP contribution in [0.1, 0.15) is 63.2 Å². The fourth-order valence-corrected chi connectivity index (χ4v) is 3.09. The number of benzene rings is 1. The van der Waals surface area contributed by atoms with Crippen molar-refractivity contribution in [3.63, 3.8) is 0 Å². The van der Waals surface area contributed by atoms with Gasteiger partial charge in [0.25, 0.3) is 0 Å². The minimum Gasteiger partial charge on any atom is -0.372 e. The van der Waals surface area contributed by atoms with Crippen LogP contribution in [0.2, 0.25) is 0 Å². The molecule has 1 aliphatic rings. The summed E-state index contributed by atoms with van der Waals surface area (Å²) in [5.74, 6) is 0.769. The lowest BCUT2D eigenvalue weighted by Gasteiger charge is -2.26. The molecule has 0 radical (unpaired) electrons. The molecule has 0 aromatic heterocycles. The Morgan fingerprint density at radius 2 is 1.95 bits per heavy atom. The average Bonchev–Trinajstić information content (AvgIpc) is 2.48. The summed E-state index contributed by atoms with van der Waals surface area (Å²) < 4.78 is 6.31. The van der Waals surface area contributed by atoms with Crippen LogP contribution in [-0.2, 0) is 4.74 Å². The topological polar surface area (TPSA) is 21.3 Å². The molecule has 1 saturated carbocycles. The van der Waals surface area contributed by atoms with Crippen LogP contribution in [0.3, 0.4) is 0 Å². The Bertz CT molecular complexity index is 410. The maximum atomic E-state index is 6.31. The van der Waals surface area contributed by atoms with E-state index in [9.17, 15) is 0 Å². The molecule has 1 aromatic carbocycles. The summed E-state index contributed by atoms with van der Waals surface area (Å²) >= 11 is 0. The van der Waals surface area contributed by atoms with E-state index in [0.717, 1.165) is 19.1 Å². The van der Waals surface area contributed by atoms with Crippen molar-refractivity contribution in [3.05, 3.63) is 35.4 Å². The number of ether oxygens (including phenoxy) is 1. The molecule has 1 fully saturated rings. The Labute approximate surface area is 130 Å².